The van der Waals surface area contributed by atoms with E-state index in [0.717, 1.165) is 0 Å². The second kappa shape index (κ2) is 4.37. The zero-order valence-electron chi connectivity index (χ0n) is 4.85. The summed E-state index contributed by atoms with van der Waals surface area (Å²) in [6, 6.07) is 0. The van der Waals surface area contributed by atoms with Crippen LogP contribution in [0.5, 0.6) is 0 Å². The molecular formula is C6H9Li. The van der Waals surface area contributed by atoms with Crippen LogP contribution in [0.15, 0.2) is 12.2 Å². The van der Waals surface area contributed by atoms with Crippen molar-refractivity contribution in [2.75, 3.05) is 0 Å². The molecule has 0 amide bonds. The van der Waals surface area contributed by atoms with Crippen LogP contribution in [-0.4, -0.2) is 0 Å². The van der Waals surface area contributed by atoms with Crippen LogP contribution in [0.2, 0.25) is 0 Å². The quantitative estimate of drug-likeness (QED) is 0.261. The van der Waals surface area contributed by atoms with Crippen molar-refractivity contribution in [3.8, 4) is 0 Å². The van der Waals surface area contributed by atoms with Crippen molar-refractivity contribution in [2.45, 2.75) is 19.3 Å². The van der Waals surface area contributed by atoms with Crippen LogP contribution in [0.3, 0.4) is 0 Å². The Hall–Kier alpha value is 0.207. The Kier molecular flexibility index (Phi) is 4.50. The summed E-state index contributed by atoms with van der Waals surface area (Å²) >= 11 is 0. The molecule has 0 aromatic rings. The van der Waals surface area contributed by atoms with Gasteiger partial charge in [0, 0.05) is 0 Å². The smallest absolute Gasteiger partial charge is 0.232 e. The third-order valence-corrected chi connectivity index (χ3v) is 1.01. The van der Waals surface area contributed by atoms with E-state index in [-0.39, 0.29) is 18.9 Å². The van der Waals surface area contributed by atoms with Gasteiger partial charge in [0.1, 0.15) is 0 Å². The molecule has 0 aromatic carbocycles. The van der Waals surface area contributed by atoms with Gasteiger partial charge in [-0.3, -0.25) is 0 Å². The predicted molar refractivity (Wildman–Crippen MR) is 27.3 cm³/mol. The van der Waals surface area contributed by atoms with Gasteiger partial charge in [-0.05, 0) is 0 Å². The van der Waals surface area contributed by atoms with Crippen LogP contribution < -0.4 is 18.9 Å². The van der Waals surface area contributed by atoms with Crippen molar-refractivity contribution in [2.24, 2.45) is 0 Å². The molecule has 34 valence electrons. The van der Waals surface area contributed by atoms with Gasteiger partial charge in [0.2, 0.25) is 0 Å². The summed E-state index contributed by atoms with van der Waals surface area (Å²) in [5.74, 6) is 0. The first-order chi connectivity index (χ1) is 3.00. The van der Waals surface area contributed by atoms with E-state index in [0.29, 0.717) is 0 Å². The Labute approximate surface area is 57.2 Å². The molecule has 0 atom stereocenters. The molecule has 0 heterocycles. The Morgan fingerprint density at radius 1 is 1.43 bits per heavy atom. The number of hydrogen-bond donors (Lipinski definition) is 0. The van der Waals surface area contributed by atoms with Gasteiger partial charge >= 0.3 is 18.9 Å². The Morgan fingerprint density at radius 3 is 2.43 bits per heavy atom. The van der Waals surface area contributed by atoms with Gasteiger partial charge in [0.05, 0.1) is 0 Å². The number of allylic oxidation sites excluding steroid dienone is 2. The van der Waals surface area contributed by atoms with Crippen LogP contribution in [0.1, 0.15) is 19.3 Å². The minimum absolute atomic E-state index is 0. The van der Waals surface area contributed by atoms with Gasteiger partial charge in [-0.1, -0.05) is 6.42 Å². The molecule has 0 saturated carbocycles. The van der Waals surface area contributed by atoms with Crippen molar-refractivity contribution in [1.82, 2.24) is 0 Å². The summed E-state index contributed by atoms with van der Waals surface area (Å²) in [7, 11) is 0. The van der Waals surface area contributed by atoms with Crippen LogP contribution in [0.4, 0.5) is 0 Å². The minimum Gasteiger partial charge on any atom is -0.232 e. The van der Waals surface area contributed by atoms with Gasteiger partial charge in [-0.2, -0.15) is 0 Å². The molecular weight excluding hydrogens is 79.0 g/mol. The van der Waals surface area contributed by atoms with Crippen LogP contribution in [-0.2, 0) is 0 Å². The number of hydrogen-bond acceptors (Lipinski definition) is 0. The summed E-state index contributed by atoms with van der Waals surface area (Å²) < 4.78 is 0. The second-order valence-corrected chi connectivity index (χ2v) is 1.59. The molecule has 1 rings (SSSR count). The number of rotatable bonds is 0. The third-order valence-electron chi connectivity index (χ3n) is 1.01. The molecule has 0 saturated heterocycles. The Bertz CT molecular complexity index is 49.2. The van der Waals surface area contributed by atoms with Crippen molar-refractivity contribution >= 4 is 0 Å². The largest absolute Gasteiger partial charge is 1.00 e. The first-order valence-electron chi connectivity index (χ1n) is 2.48. The average molecular weight is 88.1 g/mol. The summed E-state index contributed by atoms with van der Waals surface area (Å²) in [4.78, 5) is 0. The zero-order chi connectivity index (χ0) is 4.24. The van der Waals surface area contributed by atoms with Gasteiger partial charge in [-0.25, -0.2) is 18.6 Å². The third kappa shape index (κ3) is 2.85. The van der Waals surface area contributed by atoms with Gasteiger partial charge in [0.15, 0.2) is 0 Å². The van der Waals surface area contributed by atoms with Gasteiger partial charge in [0.25, 0.3) is 0 Å². The predicted octanol–water partition coefficient (Wildman–Crippen LogP) is -1.07. The van der Waals surface area contributed by atoms with E-state index in [9.17, 15) is 0 Å². The summed E-state index contributed by atoms with van der Waals surface area (Å²) in [6.07, 6.45) is 10.5. The van der Waals surface area contributed by atoms with Crippen LogP contribution in [0, 0.1) is 6.42 Å². The summed E-state index contributed by atoms with van der Waals surface area (Å²) in [6.45, 7) is 0. The molecule has 0 fully saturated rings. The van der Waals surface area contributed by atoms with Crippen molar-refractivity contribution in [3.63, 3.8) is 0 Å². The molecule has 0 nitrogen and oxygen atoms in total. The SMILES string of the molecule is C1=CCCC[CH-]1.[Li+]. The first kappa shape index (κ1) is 7.21. The summed E-state index contributed by atoms with van der Waals surface area (Å²) in [5.41, 5.74) is 0. The molecule has 0 unspecified atom stereocenters. The maximum absolute atomic E-state index is 2.21. The normalized spacial score (nSPS) is 17.1. The van der Waals surface area contributed by atoms with E-state index in [1.165, 1.54) is 19.3 Å². The molecule has 0 radical (unpaired) electrons. The molecule has 0 spiro atoms. The molecule has 0 N–H and O–H groups in total. The van der Waals surface area contributed by atoms with Crippen LogP contribution >= 0.6 is 0 Å². The fraction of sp³-hybridized carbons (Fsp3) is 0.500. The standard InChI is InChI=1S/C6H9.Li/c1-2-4-6-5-3-1;/h1-3H,4-6H2;/q-1;+1. The van der Waals surface area contributed by atoms with E-state index >= 15 is 0 Å². The second-order valence-electron chi connectivity index (χ2n) is 1.59. The fourth-order valence-electron chi connectivity index (χ4n) is 0.642. The Morgan fingerprint density at radius 2 is 2.29 bits per heavy atom. The monoisotopic (exact) mass is 88.1 g/mol. The molecule has 1 heteroatoms. The summed E-state index contributed by atoms with van der Waals surface area (Å²) in [5, 5.41) is 0. The van der Waals surface area contributed by atoms with Crippen molar-refractivity contribution < 1.29 is 18.9 Å². The maximum Gasteiger partial charge on any atom is 1.00 e. The molecule has 0 bridgehead atoms. The minimum atomic E-state index is 0. The van der Waals surface area contributed by atoms with Crippen LogP contribution in [0.25, 0.3) is 0 Å². The Balaban J connectivity index is 0.000000360. The molecule has 0 aliphatic heterocycles. The maximum atomic E-state index is 2.21. The fourth-order valence-corrected chi connectivity index (χ4v) is 0.642. The topological polar surface area (TPSA) is 0 Å². The first-order valence-corrected chi connectivity index (χ1v) is 2.48. The molecule has 7 heavy (non-hydrogen) atoms. The van der Waals surface area contributed by atoms with E-state index in [2.05, 4.69) is 18.6 Å². The average Bonchev–Trinajstić information content (AvgIpc) is 1.72. The zero-order valence-corrected chi connectivity index (χ0v) is 4.85. The van der Waals surface area contributed by atoms with E-state index < -0.39 is 0 Å². The van der Waals surface area contributed by atoms with Crippen molar-refractivity contribution in [3.05, 3.63) is 18.6 Å². The van der Waals surface area contributed by atoms with E-state index in [1.807, 2.05) is 0 Å². The van der Waals surface area contributed by atoms with E-state index in [4.69, 9.17) is 0 Å². The van der Waals surface area contributed by atoms with E-state index in [1.54, 1.807) is 0 Å². The molecule has 1 aliphatic carbocycles. The van der Waals surface area contributed by atoms with Crippen molar-refractivity contribution in [1.29, 1.82) is 0 Å². The van der Waals surface area contributed by atoms with Gasteiger partial charge < -0.3 is 0 Å². The molecule has 1 aliphatic rings. The van der Waals surface area contributed by atoms with Gasteiger partial charge in [-0.15, -0.1) is 12.8 Å². The molecule has 0 aromatic heterocycles.